The van der Waals surface area contributed by atoms with Gasteiger partial charge in [0.05, 0.1) is 20.0 Å². The minimum atomic E-state index is -1.00. The summed E-state index contributed by atoms with van der Waals surface area (Å²) in [5.74, 6) is -1.47. The molecule has 0 aliphatic carbocycles. The van der Waals surface area contributed by atoms with Crippen LogP contribution >= 0.6 is 0 Å². The van der Waals surface area contributed by atoms with Gasteiger partial charge in [-0.25, -0.2) is 0 Å². The van der Waals surface area contributed by atoms with E-state index in [1.54, 1.807) is 18.2 Å². The van der Waals surface area contributed by atoms with E-state index in [0.717, 1.165) is 0 Å². The van der Waals surface area contributed by atoms with Crippen molar-refractivity contribution >= 4 is 11.9 Å². The van der Waals surface area contributed by atoms with Crippen LogP contribution in [0.2, 0.25) is 0 Å². The number of aliphatic carboxylic acids is 2. The lowest BCUT2D eigenvalue weighted by molar-refractivity contribution is -0.137. The van der Waals surface area contributed by atoms with Crippen molar-refractivity contribution in [2.75, 3.05) is 7.11 Å². The minimum Gasteiger partial charge on any atom is -0.497 e. The number of hydrogen-bond donors (Lipinski definition) is 2. The van der Waals surface area contributed by atoms with Crippen molar-refractivity contribution < 1.29 is 24.5 Å². The van der Waals surface area contributed by atoms with Gasteiger partial charge in [0.15, 0.2) is 0 Å². The zero-order valence-electron chi connectivity index (χ0n) is 8.77. The van der Waals surface area contributed by atoms with Crippen LogP contribution in [0.15, 0.2) is 18.2 Å². The first-order valence-electron chi connectivity index (χ1n) is 4.62. The molecule has 0 amide bonds. The smallest absolute Gasteiger partial charge is 0.307 e. The van der Waals surface area contributed by atoms with Crippen molar-refractivity contribution in [1.29, 1.82) is 0 Å². The average Bonchev–Trinajstić information content (AvgIpc) is 2.19. The number of carboxylic acid groups (broad SMARTS) is 2. The molecular formula is C11H12O5. The van der Waals surface area contributed by atoms with Crippen molar-refractivity contribution in [2.24, 2.45) is 0 Å². The van der Waals surface area contributed by atoms with Crippen molar-refractivity contribution in [3.05, 3.63) is 29.3 Å². The van der Waals surface area contributed by atoms with Gasteiger partial charge in [0, 0.05) is 0 Å². The Morgan fingerprint density at radius 2 is 1.69 bits per heavy atom. The van der Waals surface area contributed by atoms with E-state index < -0.39 is 11.9 Å². The molecule has 0 aromatic heterocycles. The van der Waals surface area contributed by atoms with Crippen LogP contribution in [0.3, 0.4) is 0 Å². The fourth-order valence-electron chi connectivity index (χ4n) is 1.39. The standard InChI is InChI=1S/C11H12O5/c1-16-9-3-2-7(5-10(12)13)8(4-9)6-11(14)15/h2-4H,5-6H2,1H3,(H,12,13)(H,14,15). The minimum absolute atomic E-state index is 0.188. The molecule has 1 aromatic rings. The third kappa shape index (κ3) is 3.27. The Morgan fingerprint density at radius 1 is 1.12 bits per heavy atom. The molecule has 16 heavy (non-hydrogen) atoms. The predicted molar refractivity (Wildman–Crippen MR) is 55.7 cm³/mol. The molecule has 0 unspecified atom stereocenters. The largest absolute Gasteiger partial charge is 0.497 e. The second-order valence-electron chi connectivity index (χ2n) is 3.28. The maximum absolute atomic E-state index is 10.6. The van der Waals surface area contributed by atoms with Crippen molar-refractivity contribution in [1.82, 2.24) is 0 Å². The highest BCUT2D eigenvalue weighted by Crippen LogP contribution is 2.19. The molecule has 5 heteroatoms. The summed E-state index contributed by atoms with van der Waals surface area (Å²) in [6, 6.07) is 4.74. The van der Waals surface area contributed by atoms with Gasteiger partial charge < -0.3 is 14.9 Å². The molecule has 0 saturated heterocycles. The third-order valence-corrected chi connectivity index (χ3v) is 2.10. The number of methoxy groups -OCH3 is 1. The first-order valence-corrected chi connectivity index (χ1v) is 4.62. The SMILES string of the molecule is COc1ccc(CC(=O)O)c(CC(=O)O)c1. The summed E-state index contributed by atoms with van der Waals surface area (Å²) in [5.41, 5.74) is 0.963. The normalized spacial score (nSPS) is 9.81. The van der Waals surface area contributed by atoms with Gasteiger partial charge in [0.1, 0.15) is 5.75 Å². The maximum atomic E-state index is 10.6. The number of hydrogen-bond acceptors (Lipinski definition) is 3. The molecule has 0 heterocycles. The van der Waals surface area contributed by atoms with E-state index in [1.165, 1.54) is 7.11 Å². The molecule has 0 atom stereocenters. The summed E-state index contributed by atoms with van der Waals surface area (Å²) < 4.78 is 4.96. The molecular weight excluding hydrogens is 212 g/mol. The van der Waals surface area contributed by atoms with Crippen molar-refractivity contribution in [3.63, 3.8) is 0 Å². The Hall–Kier alpha value is -2.04. The van der Waals surface area contributed by atoms with Gasteiger partial charge >= 0.3 is 11.9 Å². The molecule has 86 valence electrons. The Labute approximate surface area is 92.3 Å². The molecule has 0 aliphatic rings. The lowest BCUT2D eigenvalue weighted by Crippen LogP contribution is -2.08. The summed E-state index contributed by atoms with van der Waals surface area (Å²) >= 11 is 0. The fraction of sp³-hybridized carbons (Fsp3) is 0.273. The van der Waals surface area contributed by atoms with Crippen LogP contribution in [0.5, 0.6) is 5.75 Å². The number of carboxylic acids is 2. The molecule has 1 rings (SSSR count). The lowest BCUT2D eigenvalue weighted by Gasteiger charge is -2.08. The molecule has 0 spiro atoms. The zero-order chi connectivity index (χ0) is 12.1. The third-order valence-electron chi connectivity index (χ3n) is 2.10. The molecule has 0 radical (unpaired) electrons. The van der Waals surface area contributed by atoms with Gasteiger partial charge in [-0.1, -0.05) is 6.07 Å². The fourth-order valence-corrected chi connectivity index (χ4v) is 1.39. The highest BCUT2D eigenvalue weighted by Gasteiger charge is 2.11. The summed E-state index contributed by atoms with van der Waals surface area (Å²) in [7, 11) is 1.47. The molecule has 0 bridgehead atoms. The second-order valence-corrected chi connectivity index (χ2v) is 3.28. The number of benzene rings is 1. The topological polar surface area (TPSA) is 83.8 Å². The van der Waals surface area contributed by atoms with Crippen LogP contribution in [-0.4, -0.2) is 29.3 Å². The Kier molecular flexibility index (Phi) is 3.88. The maximum Gasteiger partial charge on any atom is 0.307 e. The predicted octanol–water partition coefficient (Wildman–Crippen LogP) is 0.949. The Bertz CT molecular complexity index is 411. The molecule has 0 aliphatic heterocycles. The first-order chi connectivity index (χ1) is 7.52. The number of ether oxygens (including phenoxy) is 1. The van der Waals surface area contributed by atoms with E-state index >= 15 is 0 Å². The molecule has 5 nitrogen and oxygen atoms in total. The van der Waals surface area contributed by atoms with E-state index in [-0.39, 0.29) is 12.8 Å². The zero-order valence-corrected chi connectivity index (χ0v) is 8.77. The van der Waals surface area contributed by atoms with E-state index in [1.807, 2.05) is 0 Å². The van der Waals surface area contributed by atoms with E-state index in [0.29, 0.717) is 16.9 Å². The number of rotatable bonds is 5. The quantitative estimate of drug-likeness (QED) is 0.777. The van der Waals surface area contributed by atoms with Crippen LogP contribution in [0.1, 0.15) is 11.1 Å². The van der Waals surface area contributed by atoms with Crippen LogP contribution in [0.25, 0.3) is 0 Å². The molecule has 0 saturated carbocycles. The van der Waals surface area contributed by atoms with E-state index in [9.17, 15) is 9.59 Å². The van der Waals surface area contributed by atoms with Gasteiger partial charge in [0.25, 0.3) is 0 Å². The molecule has 1 aromatic carbocycles. The summed E-state index contributed by atoms with van der Waals surface area (Å²) in [6.45, 7) is 0. The van der Waals surface area contributed by atoms with Gasteiger partial charge in [-0.3, -0.25) is 9.59 Å². The lowest BCUT2D eigenvalue weighted by atomic mass is 10.0. The molecule has 0 fully saturated rings. The van der Waals surface area contributed by atoms with Crippen molar-refractivity contribution in [3.8, 4) is 5.75 Å². The van der Waals surface area contributed by atoms with Gasteiger partial charge in [0.2, 0.25) is 0 Å². The summed E-state index contributed by atoms with van der Waals surface area (Å²) in [4.78, 5) is 21.2. The Morgan fingerprint density at radius 3 is 2.19 bits per heavy atom. The van der Waals surface area contributed by atoms with Crippen LogP contribution < -0.4 is 4.74 Å². The second kappa shape index (κ2) is 5.16. The Balaban J connectivity index is 3.05. The highest BCUT2D eigenvalue weighted by molar-refractivity contribution is 5.74. The van der Waals surface area contributed by atoms with Gasteiger partial charge in [-0.15, -0.1) is 0 Å². The van der Waals surface area contributed by atoms with Crippen LogP contribution in [0, 0.1) is 0 Å². The van der Waals surface area contributed by atoms with E-state index in [2.05, 4.69) is 0 Å². The average molecular weight is 224 g/mol. The monoisotopic (exact) mass is 224 g/mol. The summed E-state index contributed by atoms with van der Waals surface area (Å²) in [5, 5.41) is 17.4. The number of carbonyl (C=O) groups is 2. The summed E-state index contributed by atoms with van der Waals surface area (Å²) in [6.07, 6.45) is -0.396. The van der Waals surface area contributed by atoms with Crippen LogP contribution in [-0.2, 0) is 22.4 Å². The van der Waals surface area contributed by atoms with Gasteiger partial charge in [-0.2, -0.15) is 0 Å². The van der Waals surface area contributed by atoms with Crippen molar-refractivity contribution in [2.45, 2.75) is 12.8 Å². The van der Waals surface area contributed by atoms with Gasteiger partial charge in [-0.05, 0) is 23.3 Å². The first kappa shape index (κ1) is 12.0. The molecule has 2 N–H and O–H groups in total. The van der Waals surface area contributed by atoms with E-state index in [4.69, 9.17) is 14.9 Å². The van der Waals surface area contributed by atoms with Crippen LogP contribution in [0.4, 0.5) is 0 Å². The highest BCUT2D eigenvalue weighted by atomic mass is 16.5.